The van der Waals surface area contributed by atoms with E-state index in [1.54, 1.807) is 26.0 Å². The number of anilines is 1. The topological polar surface area (TPSA) is 83.6 Å². The predicted octanol–water partition coefficient (Wildman–Crippen LogP) is 3.96. The Labute approximate surface area is 176 Å². The molecule has 6 nitrogen and oxygen atoms in total. The molecule has 0 fully saturated rings. The second-order valence-electron chi connectivity index (χ2n) is 6.28. The number of rotatable bonds is 6. The Hall–Kier alpha value is -2.52. The van der Waals surface area contributed by atoms with Gasteiger partial charge in [0.05, 0.1) is 5.69 Å². The molecule has 0 saturated heterocycles. The lowest BCUT2D eigenvalue weighted by Gasteiger charge is -2.29. The molecule has 0 heterocycles. The van der Waals surface area contributed by atoms with Crippen molar-refractivity contribution in [3.63, 3.8) is 0 Å². The van der Waals surface area contributed by atoms with Gasteiger partial charge in [-0.25, -0.2) is 12.8 Å². The molecule has 29 heavy (non-hydrogen) atoms. The minimum atomic E-state index is -4.55. The number of nitrogens with one attached hydrogen (secondary N) is 1. The van der Waals surface area contributed by atoms with Gasteiger partial charge in [0.25, 0.3) is 10.0 Å². The number of sulfonamides is 1. The van der Waals surface area contributed by atoms with Gasteiger partial charge < -0.3 is 4.90 Å². The second kappa shape index (κ2) is 8.08. The fraction of sp³-hybridized carbons (Fsp3) is 0.200. The summed E-state index contributed by atoms with van der Waals surface area (Å²) in [6.45, 7) is 4.14. The van der Waals surface area contributed by atoms with Gasteiger partial charge in [-0.1, -0.05) is 40.2 Å². The summed E-state index contributed by atoms with van der Waals surface area (Å²) in [6, 6.07) is 9.86. The molecule has 0 aliphatic heterocycles. The number of fused-ring (bicyclic) bond motifs is 1. The zero-order valence-corrected chi connectivity index (χ0v) is 18.1. The highest BCUT2D eigenvalue weighted by Crippen LogP contribution is 2.32. The molecule has 2 aromatic rings. The fourth-order valence-electron chi connectivity index (χ4n) is 3.18. The molecule has 1 N–H and O–H groups in total. The number of ketones is 2. The molecule has 0 spiro atoms. The van der Waals surface area contributed by atoms with Gasteiger partial charge in [0.1, 0.15) is 11.5 Å². The van der Waals surface area contributed by atoms with Crippen LogP contribution < -0.4 is 4.72 Å². The van der Waals surface area contributed by atoms with E-state index in [1.807, 2.05) is 0 Å². The average Bonchev–Trinajstić information content (AvgIpc) is 2.68. The van der Waals surface area contributed by atoms with Crippen LogP contribution in [0.1, 0.15) is 34.6 Å². The third-order valence-corrected chi connectivity index (χ3v) is 6.47. The Kier molecular flexibility index (Phi) is 5.90. The first kappa shape index (κ1) is 21.2. The zero-order chi connectivity index (χ0) is 21.3. The number of Topliss-reactive ketones (excluding diaryl/α,β-unsaturated/α-hetero) is 2. The van der Waals surface area contributed by atoms with E-state index in [1.165, 1.54) is 29.2 Å². The van der Waals surface area contributed by atoms with Crippen LogP contribution in [0.2, 0.25) is 0 Å². The smallest absolute Gasteiger partial charge is 0.268 e. The van der Waals surface area contributed by atoms with Crippen molar-refractivity contribution in [2.45, 2.75) is 13.8 Å². The van der Waals surface area contributed by atoms with E-state index in [0.29, 0.717) is 17.6 Å². The maximum atomic E-state index is 14.2. The Morgan fingerprint density at radius 1 is 1.00 bits per heavy atom. The summed E-state index contributed by atoms with van der Waals surface area (Å²) in [7, 11) is -4.55. The van der Waals surface area contributed by atoms with Gasteiger partial charge in [-0.3, -0.25) is 14.3 Å². The van der Waals surface area contributed by atoms with E-state index >= 15 is 0 Å². The van der Waals surface area contributed by atoms with E-state index in [0.717, 1.165) is 6.07 Å². The Bertz CT molecular complexity index is 1140. The Morgan fingerprint density at radius 3 is 2.14 bits per heavy atom. The van der Waals surface area contributed by atoms with E-state index in [2.05, 4.69) is 20.7 Å². The van der Waals surface area contributed by atoms with Crippen molar-refractivity contribution < 1.29 is 22.4 Å². The van der Waals surface area contributed by atoms with E-state index in [9.17, 15) is 22.4 Å². The molecule has 1 aliphatic rings. The number of nitrogens with zero attached hydrogens (tertiary/aromatic N) is 1. The molecule has 0 saturated carbocycles. The summed E-state index contributed by atoms with van der Waals surface area (Å²) in [6.07, 6.45) is 0. The van der Waals surface area contributed by atoms with E-state index in [-0.39, 0.29) is 22.5 Å². The van der Waals surface area contributed by atoms with Gasteiger partial charge in [0, 0.05) is 28.7 Å². The highest BCUT2D eigenvalue weighted by atomic mass is 79.9. The zero-order valence-electron chi connectivity index (χ0n) is 15.7. The van der Waals surface area contributed by atoms with Gasteiger partial charge in [0.2, 0.25) is 11.6 Å². The lowest BCUT2D eigenvalue weighted by Crippen LogP contribution is -2.37. The molecule has 0 atom stereocenters. The summed E-state index contributed by atoms with van der Waals surface area (Å²) in [4.78, 5) is 27.1. The second-order valence-corrected chi connectivity index (χ2v) is 8.82. The summed E-state index contributed by atoms with van der Waals surface area (Å²) in [5.74, 6) is -2.17. The van der Waals surface area contributed by atoms with Crippen LogP contribution in [0.15, 0.2) is 57.5 Å². The first-order chi connectivity index (χ1) is 13.7. The molecule has 0 bridgehead atoms. The van der Waals surface area contributed by atoms with Crippen molar-refractivity contribution in [3.05, 3.63) is 74.5 Å². The monoisotopic (exact) mass is 480 g/mol. The van der Waals surface area contributed by atoms with Crippen molar-refractivity contribution in [2.75, 3.05) is 17.8 Å². The van der Waals surface area contributed by atoms with Gasteiger partial charge in [0.15, 0.2) is 4.91 Å². The third kappa shape index (κ3) is 3.84. The van der Waals surface area contributed by atoms with E-state index < -0.39 is 32.3 Å². The number of carbonyl (C=O) groups is 2. The summed E-state index contributed by atoms with van der Waals surface area (Å²) in [5, 5.41) is 0. The molecule has 152 valence electrons. The number of likely N-dealkylation sites (N-methyl/N-ethyl adjacent to an activating group) is 1. The number of carbonyl (C=O) groups excluding carboxylic acids is 2. The normalized spacial score (nSPS) is 14.1. The largest absolute Gasteiger partial charge is 0.368 e. The number of hydrogen-bond acceptors (Lipinski definition) is 5. The lowest BCUT2D eigenvalue weighted by molar-refractivity contribution is 0.0949. The minimum absolute atomic E-state index is 0.00468. The minimum Gasteiger partial charge on any atom is -0.368 e. The molecule has 3 rings (SSSR count). The first-order valence-electron chi connectivity index (χ1n) is 8.86. The molecule has 9 heteroatoms. The van der Waals surface area contributed by atoms with Gasteiger partial charge in [-0.2, -0.15) is 0 Å². The molecular weight excluding hydrogens is 463 g/mol. The maximum absolute atomic E-state index is 14.2. The highest BCUT2D eigenvalue weighted by molar-refractivity contribution is 9.10. The van der Waals surface area contributed by atoms with Crippen LogP contribution in [0, 0.1) is 5.82 Å². The fourth-order valence-corrected chi connectivity index (χ4v) is 4.90. The van der Waals surface area contributed by atoms with Crippen LogP contribution in [0.25, 0.3) is 0 Å². The van der Waals surface area contributed by atoms with Crippen LogP contribution in [0.4, 0.5) is 10.1 Å². The van der Waals surface area contributed by atoms with Crippen molar-refractivity contribution in [2.24, 2.45) is 0 Å². The highest BCUT2D eigenvalue weighted by Gasteiger charge is 2.41. The van der Waals surface area contributed by atoms with Crippen molar-refractivity contribution in [3.8, 4) is 0 Å². The summed E-state index contributed by atoms with van der Waals surface area (Å²) < 4.78 is 43.1. The predicted molar refractivity (Wildman–Crippen MR) is 112 cm³/mol. The Morgan fingerprint density at radius 2 is 1.59 bits per heavy atom. The van der Waals surface area contributed by atoms with Crippen LogP contribution in [-0.2, 0) is 10.0 Å². The molecule has 1 aliphatic carbocycles. The van der Waals surface area contributed by atoms with Gasteiger partial charge >= 0.3 is 0 Å². The summed E-state index contributed by atoms with van der Waals surface area (Å²) in [5.41, 5.74) is -0.374. The molecular formula is C20H18BrFN2O4S. The molecule has 0 radical (unpaired) electrons. The van der Waals surface area contributed by atoms with Gasteiger partial charge in [-0.05, 0) is 32.0 Å². The van der Waals surface area contributed by atoms with Crippen molar-refractivity contribution >= 4 is 43.2 Å². The number of halogens is 2. The standard InChI is InChI=1S/C20H18BrFN2O4S/c1-3-24(4-2)17-18(25)13-7-5-6-8-14(13)19(26)20(17)29(27,28)23-16-10-9-12(21)11-15(16)22/h5-11,23H,3-4H2,1-2H3. The number of benzene rings is 2. The maximum Gasteiger partial charge on any atom is 0.268 e. The lowest BCUT2D eigenvalue weighted by atomic mass is 9.92. The number of allylic oxidation sites excluding steroid dienone is 2. The third-order valence-electron chi connectivity index (χ3n) is 4.58. The first-order valence-corrected chi connectivity index (χ1v) is 11.1. The molecule has 0 unspecified atom stereocenters. The van der Waals surface area contributed by atoms with Crippen molar-refractivity contribution in [1.29, 1.82) is 0 Å². The summed E-state index contributed by atoms with van der Waals surface area (Å²) >= 11 is 3.10. The van der Waals surface area contributed by atoms with E-state index in [4.69, 9.17) is 0 Å². The average molecular weight is 481 g/mol. The van der Waals surface area contributed by atoms with Crippen molar-refractivity contribution in [1.82, 2.24) is 4.90 Å². The van der Waals surface area contributed by atoms with Gasteiger partial charge in [-0.15, -0.1) is 0 Å². The molecule has 2 aromatic carbocycles. The van der Waals surface area contributed by atoms with Crippen LogP contribution in [0.5, 0.6) is 0 Å². The Balaban J connectivity index is 2.21. The quantitative estimate of drug-likeness (QED) is 0.676. The molecule has 0 amide bonds. The van der Waals surface area contributed by atoms with Crippen LogP contribution in [-0.4, -0.2) is 38.0 Å². The SMILES string of the molecule is CCN(CC)C1=C(S(=O)(=O)Nc2ccc(Br)cc2F)C(=O)c2ccccc2C1=O. The number of hydrogen-bond donors (Lipinski definition) is 1. The van der Waals surface area contributed by atoms with Crippen LogP contribution >= 0.6 is 15.9 Å². The molecule has 0 aromatic heterocycles. The van der Waals surface area contributed by atoms with Crippen LogP contribution in [0.3, 0.4) is 0 Å².